The van der Waals surface area contributed by atoms with E-state index >= 15 is 0 Å². The molecule has 2 N–H and O–H groups in total. The summed E-state index contributed by atoms with van der Waals surface area (Å²) < 4.78 is 21.2. The second kappa shape index (κ2) is 8.46. The quantitative estimate of drug-likeness (QED) is 0.587. The van der Waals surface area contributed by atoms with Gasteiger partial charge in [0.2, 0.25) is 5.75 Å². The van der Waals surface area contributed by atoms with E-state index < -0.39 is 7.12 Å². The van der Waals surface area contributed by atoms with Crippen molar-refractivity contribution in [2.45, 2.75) is 0 Å². The van der Waals surface area contributed by atoms with Crippen molar-refractivity contribution in [3.05, 3.63) is 41.5 Å². The van der Waals surface area contributed by atoms with E-state index in [1.54, 1.807) is 39.5 Å². The Morgan fingerprint density at radius 2 is 1.24 bits per heavy atom. The van der Waals surface area contributed by atoms with E-state index in [1.165, 1.54) is 7.11 Å². The first-order valence-corrected chi connectivity index (χ1v) is 7.56. The lowest BCUT2D eigenvalue weighted by atomic mass is 9.79. The summed E-state index contributed by atoms with van der Waals surface area (Å²) in [7, 11) is 4.58. The van der Waals surface area contributed by atoms with Crippen LogP contribution in [0.1, 0.15) is 11.1 Å². The zero-order valence-corrected chi connectivity index (χ0v) is 14.6. The number of ether oxygens (including phenoxy) is 4. The summed E-state index contributed by atoms with van der Waals surface area (Å²) in [6, 6.07) is 8.77. The Hall–Kier alpha value is -2.64. The van der Waals surface area contributed by atoms with Gasteiger partial charge in [-0.25, -0.2) is 0 Å². The standard InChI is InChI=1S/C18H21BO6/c1-22-15-9-12(7-8-14(15)19(20)21)5-6-13-10-16(23-2)18(25-4)17(11-13)24-3/h5-11,20-21H,1-4H3/b6-5-. The number of benzene rings is 2. The van der Waals surface area contributed by atoms with Crippen molar-refractivity contribution in [3.63, 3.8) is 0 Å². The first kappa shape index (κ1) is 18.7. The monoisotopic (exact) mass is 344 g/mol. The lowest BCUT2D eigenvalue weighted by Gasteiger charge is -2.13. The highest BCUT2D eigenvalue weighted by Crippen LogP contribution is 2.38. The second-order valence-electron chi connectivity index (χ2n) is 5.17. The molecule has 132 valence electrons. The van der Waals surface area contributed by atoms with E-state index in [2.05, 4.69) is 0 Å². The van der Waals surface area contributed by atoms with Crippen molar-refractivity contribution in [1.29, 1.82) is 0 Å². The Morgan fingerprint density at radius 3 is 1.72 bits per heavy atom. The molecule has 2 aromatic carbocycles. The molecule has 0 saturated carbocycles. The highest BCUT2D eigenvalue weighted by molar-refractivity contribution is 6.59. The number of methoxy groups -OCH3 is 4. The van der Waals surface area contributed by atoms with Crippen LogP contribution in [0.3, 0.4) is 0 Å². The van der Waals surface area contributed by atoms with Crippen LogP contribution in [0.15, 0.2) is 30.3 Å². The van der Waals surface area contributed by atoms with Crippen LogP contribution in [-0.2, 0) is 0 Å². The Labute approximate surface area is 147 Å². The van der Waals surface area contributed by atoms with Crippen molar-refractivity contribution in [2.24, 2.45) is 0 Å². The number of hydrogen-bond acceptors (Lipinski definition) is 6. The highest BCUT2D eigenvalue weighted by Gasteiger charge is 2.16. The minimum atomic E-state index is -1.58. The molecule has 6 nitrogen and oxygen atoms in total. The van der Waals surface area contributed by atoms with Crippen molar-refractivity contribution < 1.29 is 29.0 Å². The fourth-order valence-corrected chi connectivity index (χ4v) is 2.43. The molecule has 25 heavy (non-hydrogen) atoms. The van der Waals surface area contributed by atoms with Gasteiger partial charge in [0.05, 0.1) is 28.4 Å². The Balaban J connectivity index is 2.36. The van der Waals surface area contributed by atoms with E-state index in [4.69, 9.17) is 18.9 Å². The van der Waals surface area contributed by atoms with Gasteiger partial charge in [-0.1, -0.05) is 24.3 Å². The average molecular weight is 344 g/mol. The fraction of sp³-hybridized carbons (Fsp3) is 0.222. The fourth-order valence-electron chi connectivity index (χ4n) is 2.43. The molecule has 0 heterocycles. The summed E-state index contributed by atoms with van der Waals surface area (Å²) in [5.41, 5.74) is 2.02. The number of rotatable bonds is 7. The zero-order valence-electron chi connectivity index (χ0n) is 14.6. The molecule has 0 aromatic heterocycles. The maximum atomic E-state index is 9.32. The largest absolute Gasteiger partial charge is 0.497 e. The molecule has 2 aromatic rings. The van der Waals surface area contributed by atoms with E-state index in [-0.39, 0.29) is 0 Å². The maximum absolute atomic E-state index is 9.32. The van der Waals surface area contributed by atoms with Crippen molar-refractivity contribution in [2.75, 3.05) is 28.4 Å². The third kappa shape index (κ3) is 4.26. The molecule has 0 aliphatic carbocycles. The Morgan fingerprint density at radius 1 is 0.720 bits per heavy atom. The normalized spacial score (nSPS) is 10.6. The predicted octanol–water partition coefficient (Wildman–Crippen LogP) is 1.57. The van der Waals surface area contributed by atoms with Gasteiger partial charge in [0.15, 0.2) is 11.5 Å². The van der Waals surface area contributed by atoms with Crippen LogP contribution in [0.25, 0.3) is 12.2 Å². The molecular formula is C18H21BO6. The van der Waals surface area contributed by atoms with Crippen LogP contribution in [0.4, 0.5) is 0 Å². The molecule has 0 spiro atoms. The molecule has 0 atom stereocenters. The lowest BCUT2D eigenvalue weighted by Crippen LogP contribution is -2.31. The van der Waals surface area contributed by atoms with E-state index in [0.717, 1.165) is 11.1 Å². The van der Waals surface area contributed by atoms with Crippen LogP contribution in [0.2, 0.25) is 0 Å². The highest BCUT2D eigenvalue weighted by atomic mass is 16.5. The van der Waals surface area contributed by atoms with Crippen LogP contribution >= 0.6 is 0 Å². The van der Waals surface area contributed by atoms with Gasteiger partial charge in [-0.2, -0.15) is 0 Å². The van der Waals surface area contributed by atoms with Crippen LogP contribution in [-0.4, -0.2) is 45.6 Å². The first-order valence-electron chi connectivity index (χ1n) is 7.56. The van der Waals surface area contributed by atoms with Gasteiger partial charge in [0, 0.05) is 5.46 Å². The molecule has 0 aliphatic heterocycles. The topological polar surface area (TPSA) is 77.4 Å². The molecule has 2 rings (SSSR count). The first-order chi connectivity index (χ1) is 12.0. The zero-order chi connectivity index (χ0) is 18.4. The molecule has 0 bridgehead atoms. The van der Waals surface area contributed by atoms with E-state index in [0.29, 0.717) is 28.5 Å². The van der Waals surface area contributed by atoms with E-state index in [9.17, 15) is 10.0 Å². The molecule has 0 amide bonds. The van der Waals surface area contributed by atoms with Crippen LogP contribution in [0, 0.1) is 0 Å². The summed E-state index contributed by atoms with van der Waals surface area (Å²) in [4.78, 5) is 0. The predicted molar refractivity (Wildman–Crippen MR) is 97.8 cm³/mol. The third-order valence-corrected chi connectivity index (χ3v) is 3.69. The minimum Gasteiger partial charge on any atom is -0.497 e. The minimum absolute atomic E-state index is 0.312. The summed E-state index contributed by atoms with van der Waals surface area (Å²) in [5, 5.41) is 18.6. The van der Waals surface area contributed by atoms with E-state index in [1.807, 2.05) is 24.3 Å². The van der Waals surface area contributed by atoms with Crippen LogP contribution in [0.5, 0.6) is 23.0 Å². The van der Waals surface area contributed by atoms with Gasteiger partial charge < -0.3 is 29.0 Å². The lowest BCUT2D eigenvalue weighted by molar-refractivity contribution is 0.324. The Kier molecular flexibility index (Phi) is 6.33. The molecule has 0 aliphatic rings. The van der Waals surface area contributed by atoms with Crippen LogP contribution < -0.4 is 24.4 Å². The molecule has 0 fully saturated rings. The van der Waals surface area contributed by atoms with Crippen molar-refractivity contribution in [1.82, 2.24) is 0 Å². The van der Waals surface area contributed by atoms with Gasteiger partial charge in [0.1, 0.15) is 5.75 Å². The summed E-state index contributed by atoms with van der Waals surface area (Å²) in [6.07, 6.45) is 3.76. The van der Waals surface area contributed by atoms with Crippen molar-refractivity contribution >= 4 is 24.7 Å². The van der Waals surface area contributed by atoms with Crippen molar-refractivity contribution in [3.8, 4) is 23.0 Å². The maximum Gasteiger partial charge on any atom is 0.492 e. The average Bonchev–Trinajstić information content (AvgIpc) is 2.64. The summed E-state index contributed by atoms with van der Waals surface area (Å²) in [6.45, 7) is 0. The van der Waals surface area contributed by atoms with Gasteiger partial charge >= 0.3 is 7.12 Å². The Bertz CT molecular complexity index is 732. The number of hydrogen-bond donors (Lipinski definition) is 2. The third-order valence-electron chi connectivity index (χ3n) is 3.69. The molecule has 0 unspecified atom stereocenters. The molecule has 7 heteroatoms. The summed E-state index contributed by atoms with van der Waals surface area (Å²) in [5.74, 6) is 2.07. The molecule has 0 saturated heterocycles. The molecule has 0 radical (unpaired) electrons. The SMILES string of the molecule is COc1cc(/C=C\c2cc(OC)c(OC)c(OC)c2)ccc1B(O)O. The summed E-state index contributed by atoms with van der Waals surface area (Å²) >= 11 is 0. The van der Waals surface area contributed by atoms with Gasteiger partial charge in [-0.3, -0.25) is 0 Å². The smallest absolute Gasteiger partial charge is 0.492 e. The second-order valence-corrected chi connectivity index (χ2v) is 5.17. The van der Waals surface area contributed by atoms with Gasteiger partial charge in [0.25, 0.3) is 0 Å². The van der Waals surface area contributed by atoms with Gasteiger partial charge in [-0.15, -0.1) is 0 Å². The molecular weight excluding hydrogens is 323 g/mol. The van der Waals surface area contributed by atoms with Gasteiger partial charge in [-0.05, 0) is 29.3 Å².